The molecular formula is C26H25N7O2. The maximum Gasteiger partial charge on any atom is 0.358 e. The summed E-state index contributed by atoms with van der Waals surface area (Å²) in [5.41, 5.74) is 6.77. The molecule has 176 valence electrons. The number of aromatic amines is 1. The molecule has 0 amide bonds. The van der Waals surface area contributed by atoms with E-state index in [4.69, 9.17) is 9.72 Å². The standard InChI is InChI=1S/C26H25N7O2/c1-4-7-21-28-22-16(2)14-27-23(26(34)35-3)24(22)33(21)15-17-10-12-18(13-11-17)19-8-5-6-9-20(19)25-29-31-32-30-25/h5-6,8-14H,4,7,15H2,1-3H3,(H,29,30,31,32). The van der Waals surface area contributed by atoms with Crippen LogP contribution in [0, 0.1) is 6.92 Å². The monoisotopic (exact) mass is 467 g/mol. The second-order valence-electron chi connectivity index (χ2n) is 8.32. The Balaban J connectivity index is 1.55. The Morgan fingerprint density at radius 2 is 1.86 bits per heavy atom. The Labute approximate surface area is 202 Å². The first-order valence-corrected chi connectivity index (χ1v) is 11.5. The maximum absolute atomic E-state index is 12.5. The first kappa shape index (κ1) is 22.4. The molecule has 0 bridgehead atoms. The zero-order valence-corrected chi connectivity index (χ0v) is 19.8. The lowest BCUT2D eigenvalue weighted by atomic mass is 9.98. The predicted molar refractivity (Wildman–Crippen MR) is 132 cm³/mol. The quantitative estimate of drug-likeness (QED) is 0.354. The average molecular weight is 468 g/mol. The van der Waals surface area contributed by atoms with Crippen LogP contribution >= 0.6 is 0 Å². The molecule has 0 aliphatic carbocycles. The van der Waals surface area contributed by atoms with Crippen LogP contribution in [-0.2, 0) is 17.7 Å². The van der Waals surface area contributed by atoms with Gasteiger partial charge in [0.1, 0.15) is 11.3 Å². The van der Waals surface area contributed by atoms with Gasteiger partial charge < -0.3 is 9.30 Å². The number of ether oxygens (including phenoxy) is 1. The summed E-state index contributed by atoms with van der Waals surface area (Å²) in [6, 6.07) is 16.3. The summed E-state index contributed by atoms with van der Waals surface area (Å²) < 4.78 is 7.10. The molecule has 0 saturated heterocycles. The number of hydrogen-bond donors (Lipinski definition) is 1. The summed E-state index contributed by atoms with van der Waals surface area (Å²) in [5, 5.41) is 14.5. The van der Waals surface area contributed by atoms with E-state index in [1.165, 1.54) is 7.11 Å². The highest BCUT2D eigenvalue weighted by atomic mass is 16.5. The summed E-state index contributed by atoms with van der Waals surface area (Å²) in [5.74, 6) is 1.01. The summed E-state index contributed by atoms with van der Waals surface area (Å²) in [6.45, 7) is 4.64. The molecule has 9 nitrogen and oxygen atoms in total. The lowest BCUT2D eigenvalue weighted by molar-refractivity contribution is 0.0596. The number of aryl methyl sites for hydroxylation is 2. The molecule has 0 saturated carbocycles. The number of aromatic nitrogens is 7. The van der Waals surface area contributed by atoms with Crippen molar-refractivity contribution >= 4 is 17.0 Å². The number of carbonyl (C=O) groups is 1. The number of hydrogen-bond acceptors (Lipinski definition) is 7. The number of rotatable bonds is 7. The van der Waals surface area contributed by atoms with Crippen LogP contribution in [0.4, 0.5) is 0 Å². The van der Waals surface area contributed by atoms with Crippen molar-refractivity contribution in [1.29, 1.82) is 0 Å². The Kier molecular flexibility index (Phi) is 6.05. The number of fused-ring (bicyclic) bond motifs is 1. The second kappa shape index (κ2) is 9.46. The van der Waals surface area contributed by atoms with Gasteiger partial charge in [0.2, 0.25) is 5.82 Å². The number of benzene rings is 2. The van der Waals surface area contributed by atoms with Crippen molar-refractivity contribution in [3.63, 3.8) is 0 Å². The zero-order chi connectivity index (χ0) is 24.4. The largest absolute Gasteiger partial charge is 0.464 e. The van der Waals surface area contributed by atoms with Crippen LogP contribution in [0.5, 0.6) is 0 Å². The summed E-state index contributed by atoms with van der Waals surface area (Å²) in [6.07, 6.45) is 3.41. The highest BCUT2D eigenvalue weighted by Gasteiger charge is 2.21. The number of imidazole rings is 1. The van der Waals surface area contributed by atoms with Crippen LogP contribution in [0.25, 0.3) is 33.5 Å². The van der Waals surface area contributed by atoms with Crippen molar-refractivity contribution in [2.24, 2.45) is 0 Å². The highest BCUT2D eigenvalue weighted by Crippen LogP contribution is 2.30. The average Bonchev–Trinajstić information content (AvgIpc) is 3.54. The molecule has 0 radical (unpaired) electrons. The van der Waals surface area contributed by atoms with E-state index < -0.39 is 5.97 Å². The molecule has 3 heterocycles. The van der Waals surface area contributed by atoms with E-state index in [0.29, 0.717) is 17.9 Å². The van der Waals surface area contributed by atoms with Gasteiger partial charge in [-0.05, 0) is 40.8 Å². The minimum Gasteiger partial charge on any atom is -0.464 e. The third-order valence-corrected chi connectivity index (χ3v) is 6.00. The van der Waals surface area contributed by atoms with Gasteiger partial charge in [0.15, 0.2) is 5.69 Å². The fourth-order valence-electron chi connectivity index (χ4n) is 4.31. The molecule has 0 fully saturated rings. The Hall–Kier alpha value is -4.40. The fourth-order valence-corrected chi connectivity index (χ4v) is 4.31. The van der Waals surface area contributed by atoms with Crippen molar-refractivity contribution in [2.45, 2.75) is 33.2 Å². The van der Waals surface area contributed by atoms with Gasteiger partial charge in [-0.3, -0.25) is 0 Å². The van der Waals surface area contributed by atoms with E-state index in [-0.39, 0.29) is 5.69 Å². The number of nitrogens with zero attached hydrogens (tertiary/aromatic N) is 6. The third kappa shape index (κ3) is 4.16. The first-order valence-electron chi connectivity index (χ1n) is 11.5. The summed E-state index contributed by atoms with van der Waals surface area (Å²) in [7, 11) is 1.37. The Morgan fingerprint density at radius 1 is 1.09 bits per heavy atom. The molecule has 0 spiro atoms. The number of methoxy groups -OCH3 is 1. The molecule has 0 aliphatic rings. The van der Waals surface area contributed by atoms with Crippen molar-refractivity contribution in [3.05, 3.63) is 77.4 Å². The van der Waals surface area contributed by atoms with Gasteiger partial charge in [-0.15, -0.1) is 10.2 Å². The van der Waals surface area contributed by atoms with Crippen LogP contribution in [0.3, 0.4) is 0 Å². The van der Waals surface area contributed by atoms with Crippen LogP contribution in [0.15, 0.2) is 54.7 Å². The van der Waals surface area contributed by atoms with E-state index in [9.17, 15) is 4.79 Å². The number of nitrogens with one attached hydrogen (secondary N) is 1. The summed E-state index contributed by atoms with van der Waals surface area (Å²) in [4.78, 5) is 21.8. The predicted octanol–water partition coefficient (Wildman–Crippen LogP) is 4.37. The first-order chi connectivity index (χ1) is 17.1. The number of esters is 1. The van der Waals surface area contributed by atoms with E-state index >= 15 is 0 Å². The van der Waals surface area contributed by atoms with Crippen LogP contribution in [0.1, 0.15) is 40.8 Å². The highest BCUT2D eigenvalue weighted by molar-refractivity contribution is 6.01. The number of tetrazole rings is 1. The van der Waals surface area contributed by atoms with Gasteiger partial charge in [0.05, 0.1) is 12.6 Å². The maximum atomic E-state index is 12.5. The van der Waals surface area contributed by atoms with Gasteiger partial charge in [-0.2, -0.15) is 5.21 Å². The van der Waals surface area contributed by atoms with E-state index in [1.807, 2.05) is 31.2 Å². The Bertz CT molecular complexity index is 1490. The molecule has 0 unspecified atom stereocenters. The van der Waals surface area contributed by atoms with Crippen molar-refractivity contribution in [1.82, 2.24) is 35.2 Å². The van der Waals surface area contributed by atoms with E-state index in [1.54, 1.807) is 6.20 Å². The SMILES string of the molecule is CCCc1nc2c(C)cnc(C(=O)OC)c2n1Cc1ccc(-c2ccccc2-c2nn[nH]n2)cc1. The fraction of sp³-hybridized carbons (Fsp3) is 0.231. The zero-order valence-electron chi connectivity index (χ0n) is 19.8. The van der Waals surface area contributed by atoms with Crippen molar-refractivity contribution in [3.8, 4) is 22.5 Å². The number of H-pyrrole nitrogens is 1. The van der Waals surface area contributed by atoms with Crippen molar-refractivity contribution in [2.75, 3.05) is 7.11 Å². The second-order valence-corrected chi connectivity index (χ2v) is 8.32. The van der Waals surface area contributed by atoms with Crippen LogP contribution < -0.4 is 0 Å². The minimum absolute atomic E-state index is 0.286. The van der Waals surface area contributed by atoms with E-state index in [0.717, 1.165) is 52.0 Å². The van der Waals surface area contributed by atoms with Crippen molar-refractivity contribution < 1.29 is 9.53 Å². The van der Waals surface area contributed by atoms with Crippen LogP contribution in [0.2, 0.25) is 0 Å². The lowest BCUT2D eigenvalue weighted by Gasteiger charge is -2.12. The topological polar surface area (TPSA) is 111 Å². The molecule has 2 aromatic carbocycles. The van der Waals surface area contributed by atoms with Gasteiger partial charge >= 0.3 is 5.97 Å². The molecule has 3 aromatic heterocycles. The molecule has 5 rings (SSSR count). The van der Waals surface area contributed by atoms with Crippen LogP contribution in [-0.4, -0.2) is 48.2 Å². The molecule has 0 atom stereocenters. The molecule has 5 aromatic rings. The Morgan fingerprint density at radius 3 is 2.54 bits per heavy atom. The number of pyridine rings is 1. The molecule has 1 N–H and O–H groups in total. The van der Waals surface area contributed by atoms with Gasteiger partial charge in [-0.1, -0.05) is 55.5 Å². The van der Waals surface area contributed by atoms with E-state index in [2.05, 4.69) is 61.4 Å². The minimum atomic E-state index is -0.465. The van der Waals surface area contributed by atoms with Gasteiger partial charge in [0, 0.05) is 24.7 Å². The molecule has 0 aliphatic heterocycles. The van der Waals surface area contributed by atoms with Gasteiger partial charge in [0.25, 0.3) is 0 Å². The lowest BCUT2D eigenvalue weighted by Crippen LogP contribution is -2.11. The normalized spacial score (nSPS) is 11.2. The third-order valence-electron chi connectivity index (χ3n) is 6.00. The molecule has 9 heteroatoms. The smallest absolute Gasteiger partial charge is 0.358 e. The molecular weight excluding hydrogens is 442 g/mol. The molecule has 35 heavy (non-hydrogen) atoms. The van der Waals surface area contributed by atoms with Gasteiger partial charge in [-0.25, -0.2) is 14.8 Å². The summed E-state index contributed by atoms with van der Waals surface area (Å²) >= 11 is 0. The number of carbonyl (C=O) groups excluding carboxylic acids is 1.